The Morgan fingerprint density at radius 3 is 2.45 bits per heavy atom. The van der Waals surface area contributed by atoms with Crippen LogP contribution in [0, 0.1) is 0 Å². The van der Waals surface area contributed by atoms with Gasteiger partial charge in [-0.3, -0.25) is 4.79 Å². The Morgan fingerprint density at radius 1 is 0.935 bits per heavy atom. The number of anilines is 3. The first-order valence-corrected chi connectivity index (χ1v) is 11.8. The van der Waals surface area contributed by atoms with E-state index < -0.39 is 0 Å². The summed E-state index contributed by atoms with van der Waals surface area (Å²) in [6.45, 7) is 5.69. The molecule has 2 aliphatic rings. The fourth-order valence-electron chi connectivity index (χ4n) is 4.54. The number of carbonyl (C=O) groups excluding carboxylic acids is 1. The molecule has 0 spiro atoms. The van der Waals surface area contributed by atoms with Gasteiger partial charge >= 0.3 is 0 Å². The summed E-state index contributed by atoms with van der Waals surface area (Å²) in [7, 11) is 0. The first-order chi connectivity index (χ1) is 15.2. The SMILES string of the molecule is C[C@H](CN1CCCC1)N1c2ccccc2Sc2ccc(C(=O)Nc3ccccc3)cc21. The second kappa shape index (κ2) is 8.77. The molecule has 3 aromatic carbocycles. The fraction of sp³-hybridized carbons (Fsp3) is 0.269. The molecule has 1 atom stereocenters. The summed E-state index contributed by atoms with van der Waals surface area (Å²) >= 11 is 1.78. The largest absolute Gasteiger partial charge is 0.335 e. The topological polar surface area (TPSA) is 35.6 Å². The zero-order valence-corrected chi connectivity index (χ0v) is 18.6. The van der Waals surface area contributed by atoms with Crippen LogP contribution in [0.3, 0.4) is 0 Å². The predicted molar refractivity (Wildman–Crippen MR) is 129 cm³/mol. The zero-order chi connectivity index (χ0) is 21.2. The number of fused-ring (bicyclic) bond motifs is 2. The summed E-state index contributed by atoms with van der Waals surface area (Å²) in [5.41, 5.74) is 3.84. The van der Waals surface area contributed by atoms with Crippen molar-refractivity contribution in [2.24, 2.45) is 0 Å². The number of hydrogen-bond acceptors (Lipinski definition) is 4. The molecule has 1 saturated heterocycles. The number of para-hydroxylation sites is 2. The molecule has 2 aliphatic heterocycles. The van der Waals surface area contributed by atoms with Crippen LogP contribution in [0.4, 0.5) is 17.1 Å². The lowest BCUT2D eigenvalue weighted by Gasteiger charge is -2.39. The lowest BCUT2D eigenvalue weighted by molar-refractivity contribution is 0.102. The number of rotatable bonds is 5. The monoisotopic (exact) mass is 429 g/mol. The van der Waals surface area contributed by atoms with Crippen LogP contribution in [-0.4, -0.2) is 36.5 Å². The molecule has 0 bridgehead atoms. The quantitative estimate of drug-likeness (QED) is 0.537. The Bertz CT molecular complexity index is 1080. The Kier molecular flexibility index (Phi) is 5.70. The molecule has 3 aromatic rings. The second-order valence-electron chi connectivity index (χ2n) is 8.30. The number of amides is 1. The molecule has 0 aromatic heterocycles. The molecule has 1 N–H and O–H groups in total. The summed E-state index contributed by atoms with van der Waals surface area (Å²) in [6, 6.07) is 24.6. The summed E-state index contributed by atoms with van der Waals surface area (Å²) in [6.07, 6.45) is 2.58. The number of benzene rings is 3. The van der Waals surface area contributed by atoms with Gasteiger partial charge in [0, 0.05) is 33.6 Å². The number of likely N-dealkylation sites (tertiary alicyclic amines) is 1. The standard InChI is InChI=1S/C26H27N3OS/c1-19(18-28-15-7-8-16-28)29-22-11-5-6-12-24(22)31-25-14-13-20(17-23(25)29)26(30)27-21-9-3-2-4-10-21/h2-6,9-14,17,19H,7-8,15-16,18H2,1H3,(H,27,30)/t19-/m1/s1. The van der Waals surface area contributed by atoms with E-state index in [0.717, 1.165) is 17.9 Å². The highest BCUT2D eigenvalue weighted by molar-refractivity contribution is 7.99. The molecule has 0 saturated carbocycles. The van der Waals surface area contributed by atoms with Gasteiger partial charge in [-0.15, -0.1) is 0 Å². The van der Waals surface area contributed by atoms with E-state index in [4.69, 9.17) is 0 Å². The Morgan fingerprint density at radius 2 is 1.65 bits per heavy atom. The average molecular weight is 430 g/mol. The number of hydrogen-bond donors (Lipinski definition) is 1. The maximum Gasteiger partial charge on any atom is 0.255 e. The third kappa shape index (κ3) is 4.21. The Balaban J connectivity index is 1.48. The van der Waals surface area contributed by atoms with Gasteiger partial charge in [0.15, 0.2) is 0 Å². The van der Waals surface area contributed by atoms with Crippen LogP contribution in [0.15, 0.2) is 82.6 Å². The van der Waals surface area contributed by atoms with Gasteiger partial charge in [0.1, 0.15) is 0 Å². The Labute approximate surface area is 188 Å². The van der Waals surface area contributed by atoms with Crippen molar-refractivity contribution in [2.45, 2.75) is 35.6 Å². The molecule has 4 nitrogen and oxygen atoms in total. The highest BCUT2D eigenvalue weighted by atomic mass is 32.2. The van der Waals surface area contributed by atoms with Gasteiger partial charge < -0.3 is 15.1 Å². The van der Waals surface area contributed by atoms with Crippen LogP contribution in [0.5, 0.6) is 0 Å². The molecule has 2 heterocycles. The van der Waals surface area contributed by atoms with E-state index >= 15 is 0 Å². The molecular formula is C26H27N3OS. The van der Waals surface area contributed by atoms with E-state index in [1.54, 1.807) is 11.8 Å². The number of carbonyl (C=O) groups is 1. The molecule has 5 heteroatoms. The van der Waals surface area contributed by atoms with Crippen LogP contribution >= 0.6 is 11.8 Å². The zero-order valence-electron chi connectivity index (χ0n) is 17.8. The lowest BCUT2D eigenvalue weighted by atomic mass is 10.1. The first-order valence-electron chi connectivity index (χ1n) is 11.0. The summed E-state index contributed by atoms with van der Waals surface area (Å²) in [4.78, 5) is 20.4. The predicted octanol–water partition coefficient (Wildman–Crippen LogP) is 6.03. The lowest BCUT2D eigenvalue weighted by Crippen LogP contribution is -2.40. The Hall–Kier alpha value is -2.76. The van der Waals surface area contributed by atoms with Gasteiger partial charge in [0.25, 0.3) is 5.91 Å². The third-order valence-electron chi connectivity index (χ3n) is 6.02. The van der Waals surface area contributed by atoms with Crippen molar-refractivity contribution in [3.63, 3.8) is 0 Å². The van der Waals surface area contributed by atoms with Crippen molar-refractivity contribution in [3.8, 4) is 0 Å². The smallest absolute Gasteiger partial charge is 0.255 e. The van der Waals surface area contributed by atoms with E-state index in [1.165, 1.54) is 41.4 Å². The molecule has 0 aliphatic carbocycles. The van der Waals surface area contributed by atoms with Crippen molar-refractivity contribution in [3.05, 3.63) is 78.4 Å². The van der Waals surface area contributed by atoms with E-state index in [2.05, 4.69) is 58.4 Å². The van der Waals surface area contributed by atoms with Gasteiger partial charge in [-0.05, 0) is 75.3 Å². The van der Waals surface area contributed by atoms with Crippen molar-refractivity contribution in [1.29, 1.82) is 0 Å². The van der Waals surface area contributed by atoms with Crippen LogP contribution in [-0.2, 0) is 0 Å². The molecule has 1 amide bonds. The van der Waals surface area contributed by atoms with E-state index in [1.807, 2.05) is 36.4 Å². The van der Waals surface area contributed by atoms with Gasteiger partial charge in [-0.2, -0.15) is 0 Å². The molecule has 31 heavy (non-hydrogen) atoms. The fourth-order valence-corrected chi connectivity index (χ4v) is 5.60. The molecular weight excluding hydrogens is 402 g/mol. The van der Waals surface area contributed by atoms with Crippen molar-refractivity contribution in [1.82, 2.24) is 4.90 Å². The summed E-state index contributed by atoms with van der Waals surface area (Å²) in [5, 5.41) is 3.01. The summed E-state index contributed by atoms with van der Waals surface area (Å²) < 4.78 is 0. The van der Waals surface area contributed by atoms with Gasteiger partial charge in [0.2, 0.25) is 0 Å². The number of nitrogens with zero attached hydrogens (tertiary/aromatic N) is 2. The van der Waals surface area contributed by atoms with Gasteiger partial charge in [0.05, 0.1) is 11.4 Å². The normalized spacial score (nSPS) is 16.5. The maximum absolute atomic E-state index is 13.0. The minimum absolute atomic E-state index is 0.0787. The highest BCUT2D eigenvalue weighted by Gasteiger charge is 2.29. The average Bonchev–Trinajstić information content (AvgIpc) is 3.30. The molecule has 0 radical (unpaired) electrons. The van der Waals surface area contributed by atoms with Crippen molar-refractivity contribution >= 4 is 34.7 Å². The van der Waals surface area contributed by atoms with Crippen LogP contribution in [0.25, 0.3) is 0 Å². The molecule has 1 fully saturated rings. The van der Waals surface area contributed by atoms with Crippen LogP contribution in [0.1, 0.15) is 30.1 Å². The van der Waals surface area contributed by atoms with Gasteiger partial charge in [-0.1, -0.05) is 42.1 Å². The van der Waals surface area contributed by atoms with Crippen molar-refractivity contribution < 1.29 is 4.79 Å². The second-order valence-corrected chi connectivity index (χ2v) is 9.38. The minimum Gasteiger partial charge on any atom is -0.335 e. The third-order valence-corrected chi connectivity index (χ3v) is 7.15. The van der Waals surface area contributed by atoms with Gasteiger partial charge in [-0.25, -0.2) is 0 Å². The summed E-state index contributed by atoms with van der Waals surface area (Å²) in [5.74, 6) is -0.0787. The molecule has 158 valence electrons. The van der Waals surface area contributed by atoms with Crippen molar-refractivity contribution in [2.75, 3.05) is 29.9 Å². The minimum atomic E-state index is -0.0787. The maximum atomic E-state index is 13.0. The molecule has 0 unspecified atom stereocenters. The highest BCUT2D eigenvalue weighted by Crippen LogP contribution is 2.49. The van der Waals surface area contributed by atoms with E-state index in [0.29, 0.717) is 11.6 Å². The molecule has 5 rings (SSSR count). The van der Waals surface area contributed by atoms with Crippen LogP contribution < -0.4 is 10.2 Å². The van der Waals surface area contributed by atoms with E-state index in [9.17, 15) is 4.79 Å². The number of nitrogens with one attached hydrogen (secondary N) is 1. The van der Waals surface area contributed by atoms with Crippen LogP contribution in [0.2, 0.25) is 0 Å². The van der Waals surface area contributed by atoms with E-state index in [-0.39, 0.29) is 5.91 Å². The first kappa shape index (κ1) is 20.2.